The van der Waals surface area contributed by atoms with E-state index in [0.717, 1.165) is 24.3 Å². The number of nitrogens with one attached hydrogen (secondary N) is 1. The first-order valence-corrected chi connectivity index (χ1v) is 12.0. The molecule has 1 aromatic rings. The van der Waals surface area contributed by atoms with Crippen LogP contribution in [-0.4, -0.2) is 26.1 Å². The first-order chi connectivity index (χ1) is 14.3. The van der Waals surface area contributed by atoms with Crippen LogP contribution in [0.4, 0.5) is 0 Å². The van der Waals surface area contributed by atoms with Crippen LogP contribution in [0, 0.1) is 5.41 Å². The van der Waals surface area contributed by atoms with Crippen LogP contribution in [0.1, 0.15) is 108 Å². The second kappa shape index (κ2) is 18.4. The molecule has 0 radical (unpaired) electrons. The van der Waals surface area contributed by atoms with Crippen LogP contribution >= 0.6 is 0 Å². The monoisotopic (exact) mass is 400 g/mol. The highest BCUT2D eigenvalue weighted by Crippen LogP contribution is 2.18. The third kappa shape index (κ3) is 13.2. The summed E-state index contributed by atoms with van der Waals surface area (Å²) in [7, 11) is 1.74. The quantitative estimate of drug-likeness (QED) is 0.186. The van der Waals surface area contributed by atoms with Gasteiger partial charge in [0.05, 0.1) is 12.5 Å². The molecule has 0 aliphatic rings. The Labute approximate surface area is 179 Å². The molecule has 1 aromatic carbocycles. The lowest BCUT2D eigenvalue weighted by Crippen LogP contribution is -2.02. The van der Waals surface area contributed by atoms with Crippen molar-refractivity contribution in [2.24, 2.45) is 4.99 Å². The van der Waals surface area contributed by atoms with Gasteiger partial charge in [-0.05, 0) is 24.1 Å². The zero-order valence-corrected chi connectivity index (χ0v) is 19.0. The van der Waals surface area contributed by atoms with Crippen molar-refractivity contribution in [2.75, 3.05) is 13.7 Å². The Morgan fingerprint density at radius 2 is 1.28 bits per heavy atom. The van der Waals surface area contributed by atoms with E-state index < -0.39 is 0 Å². The molecule has 1 unspecified atom stereocenters. The van der Waals surface area contributed by atoms with Gasteiger partial charge in [0.25, 0.3) is 0 Å². The second-order valence-corrected chi connectivity index (χ2v) is 8.11. The van der Waals surface area contributed by atoms with Crippen LogP contribution in [0.3, 0.4) is 0 Å². The highest BCUT2D eigenvalue weighted by atomic mass is 16.5. The Hall–Kier alpha value is -1.64. The van der Waals surface area contributed by atoms with Crippen molar-refractivity contribution in [1.29, 1.82) is 5.41 Å². The van der Waals surface area contributed by atoms with Crippen LogP contribution < -0.4 is 4.74 Å². The normalized spacial score (nSPS) is 12.3. The number of benzene rings is 1. The number of hydrogen-bond donors (Lipinski definition) is 1. The molecule has 0 saturated heterocycles. The molecule has 0 aromatic heterocycles. The van der Waals surface area contributed by atoms with Crippen LogP contribution in [0.15, 0.2) is 29.3 Å². The van der Waals surface area contributed by atoms with Gasteiger partial charge in [-0.3, -0.25) is 4.99 Å². The van der Waals surface area contributed by atoms with Gasteiger partial charge in [0.2, 0.25) is 0 Å². The van der Waals surface area contributed by atoms with Crippen molar-refractivity contribution in [1.82, 2.24) is 0 Å². The van der Waals surface area contributed by atoms with Gasteiger partial charge in [0, 0.05) is 19.5 Å². The van der Waals surface area contributed by atoms with Crippen LogP contribution in [0.25, 0.3) is 0 Å². The van der Waals surface area contributed by atoms with Crippen molar-refractivity contribution in [2.45, 2.75) is 103 Å². The van der Waals surface area contributed by atoms with Gasteiger partial charge >= 0.3 is 0 Å². The van der Waals surface area contributed by atoms with Crippen LogP contribution in [0.5, 0.6) is 5.75 Å². The largest absolute Gasteiger partial charge is 0.494 e. The molecule has 164 valence electrons. The fraction of sp³-hybridized carbons (Fsp3) is 0.692. The van der Waals surface area contributed by atoms with Gasteiger partial charge in [-0.1, -0.05) is 103 Å². The van der Waals surface area contributed by atoms with E-state index in [4.69, 9.17) is 10.1 Å². The molecule has 29 heavy (non-hydrogen) atoms. The van der Waals surface area contributed by atoms with Gasteiger partial charge in [-0.25, -0.2) is 0 Å². The first kappa shape index (κ1) is 25.4. The highest BCUT2D eigenvalue weighted by molar-refractivity contribution is 5.88. The third-order valence-corrected chi connectivity index (χ3v) is 5.52. The summed E-state index contributed by atoms with van der Waals surface area (Å²) in [6.45, 7) is 3.08. The molecule has 0 aliphatic heterocycles. The van der Waals surface area contributed by atoms with Crippen LogP contribution in [0.2, 0.25) is 0 Å². The van der Waals surface area contributed by atoms with E-state index in [-0.39, 0.29) is 5.92 Å². The average molecular weight is 401 g/mol. The molecule has 0 saturated carbocycles. The Morgan fingerprint density at radius 3 is 1.72 bits per heavy atom. The molecule has 3 nitrogen and oxygen atoms in total. The molecule has 0 bridgehead atoms. The summed E-state index contributed by atoms with van der Waals surface area (Å²) in [5, 5.41) is 7.48. The van der Waals surface area contributed by atoms with E-state index in [1.165, 1.54) is 89.7 Å². The maximum atomic E-state index is 7.48. The Kier molecular flexibility index (Phi) is 16.1. The van der Waals surface area contributed by atoms with Crippen LogP contribution in [-0.2, 0) is 0 Å². The summed E-state index contributed by atoms with van der Waals surface area (Å²) < 4.78 is 5.85. The van der Waals surface area contributed by atoms with Crippen molar-refractivity contribution in [3.63, 3.8) is 0 Å². The molecule has 0 spiro atoms. The van der Waals surface area contributed by atoms with E-state index in [1.807, 2.05) is 24.3 Å². The number of unbranched alkanes of at least 4 members (excludes halogenated alkanes) is 13. The SMILES string of the molecule is CCCCCCCCCCCCCCCCOc1ccc(C(C=N)C=NC)cc1. The molecule has 0 aliphatic carbocycles. The Bertz CT molecular complexity index is 524. The minimum atomic E-state index is -0.0418. The number of aliphatic imine (C=N–C) groups is 1. The summed E-state index contributed by atoms with van der Waals surface area (Å²) in [6.07, 6.45) is 22.5. The number of hydrogen-bond acceptors (Lipinski definition) is 3. The van der Waals surface area contributed by atoms with Gasteiger partial charge in [0.1, 0.15) is 5.75 Å². The van der Waals surface area contributed by atoms with Gasteiger partial charge < -0.3 is 10.1 Å². The third-order valence-electron chi connectivity index (χ3n) is 5.52. The molecule has 0 heterocycles. The maximum Gasteiger partial charge on any atom is 0.119 e. The van der Waals surface area contributed by atoms with Gasteiger partial charge in [-0.15, -0.1) is 0 Å². The molecular weight excluding hydrogens is 356 g/mol. The van der Waals surface area contributed by atoms with Crippen molar-refractivity contribution in [3.8, 4) is 5.75 Å². The molecule has 1 rings (SSSR count). The van der Waals surface area contributed by atoms with Gasteiger partial charge in [0.15, 0.2) is 0 Å². The van der Waals surface area contributed by atoms with Crippen molar-refractivity contribution < 1.29 is 4.74 Å². The number of rotatable bonds is 19. The zero-order chi connectivity index (χ0) is 21.0. The van der Waals surface area contributed by atoms with E-state index in [2.05, 4.69) is 11.9 Å². The molecule has 1 atom stereocenters. The zero-order valence-electron chi connectivity index (χ0n) is 19.0. The Morgan fingerprint density at radius 1 is 0.793 bits per heavy atom. The minimum Gasteiger partial charge on any atom is -0.494 e. The maximum absolute atomic E-state index is 7.48. The van der Waals surface area contributed by atoms with Gasteiger partial charge in [-0.2, -0.15) is 0 Å². The van der Waals surface area contributed by atoms with E-state index >= 15 is 0 Å². The van der Waals surface area contributed by atoms with E-state index in [1.54, 1.807) is 13.3 Å². The van der Waals surface area contributed by atoms with E-state index in [0.29, 0.717) is 0 Å². The molecule has 3 heteroatoms. The second-order valence-electron chi connectivity index (χ2n) is 8.11. The molecule has 0 fully saturated rings. The Balaban J connectivity index is 1.94. The summed E-state index contributed by atoms with van der Waals surface area (Å²) in [5.74, 6) is 0.875. The summed E-state index contributed by atoms with van der Waals surface area (Å²) in [6, 6.07) is 8.05. The molecule has 1 N–H and O–H groups in total. The molecule has 0 amide bonds. The lowest BCUT2D eigenvalue weighted by molar-refractivity contribution is 0.304. The molecular formula is C26H44N2O. The fourth-order valence-corrected chi connectivity index (χ4v) is 3.66. The van der Waals surface area contributed by atoms with E-state index in [9.17, 15) is 0 Å². The average Bonchev–Trinajstić information content (AvgIpc) is 2.75. The topological polar surface area (TPSA) is 45.4 Å². The summed E-state index contributed by atoms with van der Waals surface area (Å²) in [4.78, 5) is 4.02. The standard InChI is InChI=1S/C26H44N2O/c1-3-4-5-6-7-8-9-10-11-12-13-14-15-16-21-29-26-19-17-24(18-20-26)25(22-27)23-28-2/h17-20,22-23,25,27H,3-16,21H2,1-2H3. The minimum absolute atomic E-state index is 0.0418. The highest BCUT2D eigenvalue weighted by Gasteiger charge is 2.05. The smallest absolute Gasteiger partial charge is 0.119 e. The number of nitrogens with zero attached hydrogens (tertiary/aromatic N) is 1. The fourth-order valence-electron chi connectivity index (χ4n) is 3.66. The summed E-state index contributed by atoms with van der Waals surface area (Å²) in [5.41, 5.74) is 1.08. The van der Waals surface area contributed by atoms with Crippen molar-refractivity contribution in [3.05, 3.63) is 29.8 Å². The summed E-state index contributed by atoms with van der Waals surface area (Å²) >= 11 is 0. The predicted molar refractivity (Wildman–Crippen MR) is 128 cm³/mol. The lowest BCUT2D eigenvalue weighted by Gasteiger charge is -2.09. The first-order valence-electron chi connectivity index (χ1n) is 12.0. The number of ether oxygens (including phenoxy) is 1. The van der Waals surface area contributed by atoms with Crippen molar-refractivity contribution >= 4 is 12.4 Å². The predicted octanol–water partition coefficient (Wildman–Crippen LogP) is 7.98. The lowest BCUT2D eigenvalue weighted by atomic mass is 10.0.